The highest BCUT2D eigenvalue weighted by molar-refractivity contribution is 5.86. The maximum absolute atomic E-state index is 12.8. The Balaban J connectivity index is 1.41. The Morgan fingerprint density at radius 3 is 2.50 bits per heavy atom. The number of rotatable bonds is 4. The Morgan fingerprint density at radius 1 is 0.964 bits per heavy atom. The van der Waals surface area contributed by atoms with Gasteiger partial charge in [0.05, 0.1) is 6.54 Å². The highest BCUT2D eigenvalue weighted by Crippen LogP contribution is 2.39. The fraction of sp³-hybridized carbons (Fsp3) is 0.619. The molecule has 150 valence electrons. The van der Waals surface area contributed by atoms with Crippen molar-refractivity contribution in [3.05, 3.63) is 30.1 Å². The van der Waals surface area contributed by atoms with Crippen molar-refractivity contribution >= 4 is 17.7 Å². The summed E-state index contributed by atoms with van der Waals surface area (Å²) in [5.74, 6) is 0.326. The molecule has 0 aliphatic carbocycles. The molecule has 0 saturated carbocycles. The second-order valence-electron chi connectivity index (χ2n) is 8.44. The molecule has 3 fully saturated rings. The molecule has 7 heteroatoms. The van der Waals surface area contributed by atoms with Crippen LogP contribution in [0.15, 0.2) is 24.5 Å². The van der Waals surface area contributed by atoms with E-state index in [0.29, 0.717) is 39.0 Å². The van der Waals surface area contributed by atoms with Crippen molar-refractivity contribution in [1.29, 1.82) is 0 Å². The molecule has 3 amide bonds. The molecule has 28 heavy (non-hydrogen) atoms. The summed E-state index contributed by atoms with van der Waals surface area (Å²) >= 11 is 0. The van der Waals surface area contributed by atoms with E-state index in [1.807, 2.05) is 21.9 Å². The van der Waals surface area contributed by atoms with E-state index in [-0.39, 0.29) is 29.7 Å². The van der Waals surface area contributed by atoms with Crippen LogP contribution in [0.25, 0.3) is 0 Å². The largest absolute Gasteiger partial charge is 0.341 e. The molecule has 3 saturated heterocycles. The SMILES string of the molecule is O=C1CCCN1CC(=O)N1CCCC2(CCC(=O)N(Cc3ccncc3)C2)C1. The Labute approximate surface area is 165 Å². The Hall–Kier alpha value is -2.44. The summed E-state index contributed by atoms with van der Waals surface area (Å²) in [5.41, 5.74) is 1.06. The Morgan fingerprint density at radius 2 is 1.75 bits per heavy atom. The molecule has 1 spiro atoms. The molecule has 3 aliphatic rings. The summed E-state index contributed by atoms with van der Waals surface area (Å²) < 4.78 is 0. The minimum Gasteiger partial charge on any atom is -0.341 e. The number of hydrogen-bond acceptors (Lipinski definition) is 4. The zero-order valence-electron chi connectivity index (χ0n) is 16.3. The summed E-state index contributed by atoms with van der Waals surface area (Å²) in [6.45, 7) is 3.63. The van der Waals surface area contributed by atoms with Crippen LogP contribution < -0.4 is 0 Å². The number of nitrogens with zero attached hydrogens (tertiary/aromatic N) is 4. The van der Waals surface area contributed by atoms with E-state index in [0.717, 1.165) is 37.8 Å². The molecular weight excluding hydrogens is 356 g/mol. The van der Waals surface area contributed by atoms with Crippen molar-refractivity contribution in [2.45, 2.75) is 45.1 Å². The number of carbonyl (C=O) groups is 3. The summed E-state index contributed by atoms with van der Waals surface area (Å²) in [5, 5.41) is 0. The number of pyridine rings is 1. The lowest BCUT2D eigenvalue weighted by atomic mass is 9.73. The van der Waals surface area contributed by atoms with Gasteiger partial charge in [0, 0.05) is 63.4 Å². The van der Waals surface area contributed by atoms with Crippen LogP contribution in [0.1, 0.15) is 44.1 Å². The second kappa shape index (κ2) is 7.89. The van der Waals surface area contributed by atoms with E-state index < -0.39 is 0 Å². The molecule has 4 heterocycles. The number of piperidine rings is 2. The summed E-state index contributed by atoms with van der Waals surface area (Å²) in [4.78, 5) is 46.7. The quantitative estimate of drug-likeness (QED) is 0.787. The predicted molar refractivity (Wildman–Crippen MR) is 103 cm³/mol. The minimum absolute atomic E-state index is 0.0239. The molecule has 0 N–H and O–H groups in total. The summed E-state index contributed by atoms with van der Waals surface area (Å²) in [7, 11) is 0. The van der Waals surface area contributed by atoms with E-state index >= 15 is 0 Å². The van der Waals surface area contributed by atoms with Crippen molar-refractivity contribution in [1.82, 2.24) is 19.7 Å². The molecule has 1 unspecified atom stereocenters. The molecule has 0 radical (unpaired) electrons. The topological polar surface area (TPSA) is 73.8 Å². The van der Waals surface area contributed by atoms with Gasteiger partial charge in [-0.3, -0.25) is 19.4 Å². The first kappa shape index (κ1) is 18.9. The predicted octanol–water partition coefficient (Wildman–Crippen LogP) is 1.44. The number of hydrogen-bond donors (Lipinski definition) is 0. The normalized spacial score (nSPS) is 25.6. The van der Waals surface area contributed by atoms with Gasteiger partial charge in [0.2, 0.25) is 17.7 Å². The van der Waals surface area contributed by atoms with Gasteiger partial charge in [-0.25, -0.2) is 0 Å². The Bertz CT molecular complexity index is 753. The fourth-order valence-corrected chi connectivity index (χ4v) is 4.84. The number of likely N-dealkylation sites (tertiary alicyclic amines) is 3. The highest BCUT2D eigenvalue weighted by atomic mass is 16.2. The van der Waals surface area contributed by atoms with Crippen LogP contribution in [-0.2, 0) is 20.9 Å². The van der Waals surface area contributed by atoms with Crippen molar-refractivity contribution in [2.24, 2.45) is 5.41 Å². The maximum Gasteiger partial charge on any atom is 0.242 e. The third kappa shape index (κ3) is 4.03. The second-order valence-corrected chi connectivity index (χ2v) is 8.44. The maximum atomic E-state index is 12.8. The van der Waals surface area contributed by atoms with Gasteiger partial charge in [0.1, 0.15) is 0 Å². The lowest BCUT2D eigenvalue weighted by Gasteiger charge is -2.48. The fourth-order valence-electron chi connectivity index (χ4n) is 4.84. The van der Waals surface area contributed by atoms with E-state index in [9.17, 15) is 14.4 Å². The van der Waals surface area contributed by atoms with Gasteiger partial charge in [0.25, 0.3) is 0 Å². The first-order chi connectivity index (χ1) is 13.5. The van der Waals surface area contributed by atoms with E-state index in [1.54, 1.807) is 17.3 Å². The van der Waals surface area contributed by atoms with Crippen LogP contribution in [0.4, 0.5) is 0 Å². The molecule has 3 aliphatic heterocycles. The van der Waals surface area contributed by atoms with Crippen molar-refractivity contribution in [2.75, 3.05) is 32.7 Å². The van der Waals surface area contributed by atoms with Crippen molar-refractivity contribution in [3.8, 4) is 0 Å². The van der Waals surface area contributed by atoms with Gasteiger partial charge in [-0.1, -0.05) is 0 Å². The Kier molecular flexibility index (Phi) is 5.33. The standard InChI is InChI=1S/C21H28N4O3/c26-18-3-1-11-23(18)14-20(28)24-12-2-7-21(15-24)8-4-19(27)25(16-21)13-17-5-9-22-10-6-17/h5-6,9-10H,1-4,7-8,11-16H2. The van der Waals surface area contributed by atoms with Gasteiger partial charge in [-0.05, 0) is 43.4 Å². The van der Waals surface area contributed by atoms with Gasteiger partial charge in [-0.15, -0.1) is 0 Å². The van der Waals surface area contributed by atoms with E-state index in [1.165, 1.54) is 0 Å². The molecule has 1 aromatic heterocycles. The lowest BCUT2D eigenvalue weighted by molar-refractivity contribution is -0.146. The highest BCUT2D eigenvalue weighted by Gasteiger charge is 2.43. The molecule has 4 rings (SSSR count). The van der Waals surface area contributed by atoms with Crippen molar-refractivity contribution in [3.63, 3.8) is 0 Å². The van der Waals surface area contributed by atoms with Crippen LogP contribution in [0.2, 0.25) is 0 Å². The van der Waals surface area contributed by atoms with Crippen LogP contribution in [0.3, 0.4) is 0 Å². The minimum atomic E-state index is -0.0239. The number of carbonyl (C=O) groups excluding carboxylic acids is 3. The van der Waals surface area contributed by atoms with Gasteiger partial charge in [-0.2, -0.15) is 0 Å². The van der Waals surface area contributed by atoms with Crippen LogP contribution in [0.5, 0.6) is 0 Å². The van der Waals surface area contributed by atoms with Gasteiger partial charge < -0.3 is 14.7 Å². The number of aromatic nitrogens is 1. The monoisotopic (exact) mass is 384 g/mol. The third-order valence-corrected chi connectivity index (χ3v) is 6.38. The molecule has 7 nitrogen and oxygen atoms in total. The average molecular weight is 384 g/mol. The van der Waals surface area contributed by atoms with E-state index in [2.05, 4.69) is 4.98 Å². The lowest BCUT2D eigenvalue weighted by Crippen LogP contribution is -2.56. The number of amides is 3. The summed E-state index contributed by atoms with van der Waals surface area (Å²) in [6, 6.07) is 3.89. The first-order valence-electron chi connectivity index (χ1n) is 10.3. The smallest absolute Gasteiger partial charge is 0.242 e. The summed E-state index contributed by atoms with van der Waals surface area (Å²) in [6.07, 6.45) is 8.28. The zero-order valence-corrected chi connectivity index (χ0v) is 16.3. The molecule has 0 bridgehead atoms. The van der Waals surface area contributed by atoms with Crippen LogP contribution in [-0.4, -0.2) is 70.1 Å². The molecular formula is C21H28N4O3. The van der Waals surface area contributed by atoms with Crippen molar-refractivity contribution < 1.29 is 14.4 Å². The first-order valence-corrected chi connectivity index (χ1v) is 10.3. The van der Waals surface area contributed by atoms with Gasteiger partial charge >= 0.3 is 0 Å². The van der Waals surface area contributed by atoms with Crippen LogP contribution in [0, 0.1) is 5.41 Å². The van der Waals surface area contributed by atoms with E-state index in [4.69, 9.17) is 0 Å². The zero-order chi connectivity index (χ0) is 19.6. The van der Waals surface area contributed by atoms with Crippen LogP contribution >= 0.6 is 0 Å². The molecule has 1 aromatic rings. The van der Waals surface area contributed by atoms with Gasteiger partial charge in [0.15, 0.2) is 0 Å². The molecule has 1 atom stereocenters. The average Bonchev–Trinajstić information content (AvgIpc) is 3.10. The molecule has 0 aromatic carbocycles. The third-order valence-electron chi connectivity index (χ3n) is 6.38.